The number of hydrogen-bond acceptors (Lipinski definition) is 2. The van der Waals surface area contributed by atoms with Crippen LogP contribution in [0.25, 0.3) is 0 Å². The minimum absolute atomic E-state index is 0.828. The normalized spacial score (nSPS) is 11.5. The Morgan fingerprint density at radius 1 is 0.543 bits per heavy atom. The van der Waals surface area contributed by atoms with Gasteiger partial charge in [0.1, 0.15) is 0 Å². The molecule has 0 radical (unpaired) electrons. The maximum atomic E-state index is 5.30. The summed E-state index contributed by atoms with van der Waals surface area (Å²) in [5.74, 6) is 0.828. The standard InChI is InChI=1S/C32H27AsNO/c1-35-31-23-21-30(22-24-31)34-25-26-13-11-12-20-32(26)33(27-14-5-2-6-15-27,28-16-7-3-8-17-28)29-18-9-4-10-19-29/h2-25H,1H3/q+1. The third-order valence-electron chi connectivity index (χ3n) is 6.15. The van der Waals surface area contributed by atoms with E-state index in [4.69, 9.17) is 9.73 Å². The second-order valence-electron chi connectivity index (χ2n) is 8.19. The molecule has 170 valence electrons. The zero-order chi connectivity index (χ0) is 23.9. The average molecular weight is 516 g/mol. The molecule has 0 amide bonds. The van der Waals surface area contributed by atoms with Crippen molar-refractivity contribution in [3.05, 3.63) is 145 Å². The molecule has 0 aliphatic carbocycles. The maximum absolute atomic E-state index is 5.30. The summed E-state index contributed by atoms with van der Waals surface area (Å²) in [7, 11) is 1.68. The third kappa shape index (κ3) is 4.58. The number of hydrogen-bond donors (Lipinski definition) is 0. The molecule has 35 heavy (non-hydrogen) atoms. The average Bonchev–Trinajstić information content (AvgIpc) is 2.95. The fraction of sp³-hybridized carbons (Fsp3) is 0.0312. The van der Waals surface area contributed by atoms with Crippen molar-refractivity contribution in [1.82, 2.24) is 0 Å². The molecule has 3 heteroatoms. The summed E-state index contributed by atoms with van der Waals surface area (Å²) in [5.41, 5.74) is 2.04. The van der Waals surface area contributed by atoms with Gasteiger partial charge in [-0.3, -0.25) is 0 Å². The van der Waals surface area contributed by atoms with Gasteiger partial charge >= 0.3 is 211 Å². The van der Waals surface area contributed by atoms with E-state index in [9.17, 15) is 0 Å². The second-order valence-corrected chi connectivity index (χ2v) is 15.3. The Bertz CT molecular complexity index is 1300. The van der Waals surface area contributed by atoms with Gasteiger partial charge in [-0.05, 0) is 0 Å². The fourth-order valence-electron chi connectivity index (χ4n) is 4.53. The van der Waals surface area contributed by atoms with Gasteiger partial charge in [0.25, 0.3) is 0 Å². The van der Waals surface area contributed by atoms with E-state index in [1.165, 1.54) is 17.4 Å². The van der Waals surface area contributed by atoms with Crippen molar-refractivity contribution in [1.29, 1.82) is 0 Å². The minimum atomic E-state index is -3.11. The Hall–Kier alpha value is -3.87. The zero-order valence-corrected chi connectivity index (χ0v) is 21.5. The van der Waals surface area contributed by atoms with E-state index < -0.39 is 13.6 Å². The first-order chi connectivity index (χ1) is 17.3. The van der Waals surface area contributed by atoms with E-state index in [0.29, 0.717) is 0 Å². The number of ether oxygens (including phenoxy) is 1. The molecule has 0 unspecified atom stereocenters. The van der Waals surface area contributed by atoms with Gasteiger partial charge < -0.3 is 0 Å². The molecule has 2 nitrogen and oxygen atoms in total. The summed E-state index contributed by atoms with van der Waals surface area (Å²) in [4.78, 5) is 4.85. The van der Waals surface area contributed by atoms with Crippen molar-refractivity contribution in [2.24, 2.45) is 4.99 Å². The molecule has 0 aromatic heterocycles. The number of methoxy groups -OCH3 is 1. The van der Waals surface area contributed by atoms with Gasteiger partial charge in [0.05, 0.1) is 0 Å². The van der Waals surface area contributed by atoms with Crippen molar-refractivity contribution in [3.63, 3.8) is 0 Å². The first kappa shape index (κ1) is 22.9. The van der Waals surface area contributed by atoms with Crippen molar-refractivity contribution in [2.75, 3.05) is 7.11 Å². The Morgan fingerprint density at radius 2 is 1.00 bits per heavy atom. The third-order valence-corrected chi connectivity index (χ3v) is 15.3. The van der Waals surface area contributed by atoms with E-state index >= 15 is 0 Å². The molecule has 0 spiro atoms. The van der Waals surface area contributed by atoms with Gasteiger partial charge in [0, 0.05) is 0 Å². The summed E-state index contributed by atoms with van der Waals surface area (Å²) in [6.07, 6.45) is 2.02. The van der Waals surface area contributed by atoms with Crippen LogP contribution in [0.4, 0.5) is 5.69 Å². The van der Waals surface area contributed by atoms with Gasteiger partial charge in [0.2, 0.25) is 0 Å². The number of nitrogens with zero attached hydrogens (tertiary/aromatic N) is 1. The summed E-state index contributed by atoms with van der Waals surface area (Å²) in [5, 5.41) is 0. The predicted molar refractivity (Wildman–Crippen MR) is 150 cm³/mol. The van der Waals surface area contributed by atoms with Crippen LogP contribution >= 0.6 is 0 Å². The molecule has 0 aliphatic rings. The first-order valence-electron chi connectivity index (χ1n) is 11.7. The molecular formula is C32H27AsNO+. The molecule has 0 saturated carbocycles. The summed E-state index contributed by atoms with van der Waals surface area (Å²) in [6.45, 7) is 0. The van der Waals surface area contributed by atoms with Crippen LogP contribution in [0.15, 0.2) is 145 Å². The van der Waals surface area contributed by atoms with Crippen LogP contribution in [-0.2, 0) is 0 Å². The molecule has 5 aromatic carbocycles. The van der Waals surface area contributed by atoms with Crippen molar-refractivity contribution in [2.45, 2.75) is 0 Å². The molecule has 0 heterocycles. The second kappa shape index (κ2) is 10.6. The van der Waals surface area contributed by atoms with Crippen LogP contribution in [0, 0.1) is 0 Å². The fourth-order valence-corrected chi connectivity index (χ4v) is 13.8. The Morgan fingerprint density at radius 3 is 1.49 bits per heavy atom. The molecule has 0 N–H and O–H groups in total. The van der Waals surface area contributed by atoms with Gasteiger partial charge in [0.15, 0.2) is 0 Å². The van der Waals surface area contributed by atoms with Gasteiger partial charge in [-0.2, -0.15) is 0 Å². The van der Waals surface area contributed by atoms with Crippen LogP contribution in [0.3, 0.4) is 0 Å². The van der Waals surface area contributed by atoms with Crippen LogP contribution in [0.1, 0.15) is 5.56 Å². The molecular weight excluding hydrogens is 489 g/mol. The zero-order valence-electron chi connectivity index (χ0n) is 19.7. The van der Waals surface area contributed by atoms with Crippen molar-refractivity contribution >= 4 is 42.9 Å². The summed E-state index contributed by atoms with van der Waals surface area (Å²) < 4.78 is 10.8. The predicted octanol–water partition coefficient (Wildman–Crippen LogP) is 4.82. The van der Waals surface area contributed by atoms with Crippen LogP contribution in [0.2, 0.25) is 0 Å². The van der Waals surface area contributed by atoms with Gasteiger partial charge in [-0.15, -0.1) is 0 Å². The van der Waals surface area contributed by atoms with Crippen molar-refractivity contribution in [3.8, 4) is 5.75 Å². The van der Waals surface area contributed by atoms with E-state index in [0.717, 1.165) is 17.0 Å². The van der Waals surface area contributed by atoms with E-state index in [-0.39, 0.29) is 0 Å². The van der Waals surface area contributed by atoms with Crippen molar-refractivity contribution < 1.29 is 4.74 Å². The monoisotopic (exact) mass is 516 g/mol. The van der Waals surface area contributed by atoms with E-state index in [1.807, 2.05) is 30.5 Å². The number of aliphatic imine (C=N–C) groups is 1. The molecule has 0 saturated heterocycles. The van der Waals surface area contributed by atoms with Crippen LogP contribution < -0.4 is 22.1 Å². The Kier molecular flexibility index (Phi) is 6.93. The topological polar surface area (TPSA) is 21.6 Å². The summed E-state index contributed by atoms with van der Waals surface area (Å²) in [6, 6.07) is 49.6. The molecule has 0 bridgehead atoms. The van der Waals surface area contributed by atoms with Crippen LogP contribution in [0.5, 0.6) is 5.75 Å². The number of rotatable bonds is 7. The molecule has 5 rings (SSSR count). The molecule has 0 aliphatic heterocycles. The molecule has 5 aromatic rings. The van der Waals surface area contributed by atoms with Crippen LogP contribution in [-0.4, -0.2) is 26.9 Å². The molecule has 0 fully saturated rings. The van der Waals surface area contributed by atoms with E-state index in [2.05, 4.69) is 115 Å². The number of benzene rings is 5. The first-order valence-corrected chi connectivity index (χ1v) is 15.4. The van der Waals surface area contributed by atoms with E-state index in [1.54, 1.807) is 7.11 Å². The molecule has 0 atom stereocenters. The van der Waals surface area contributed by atoms with Gasteiger partial charge in [-0.25, -0.2) is 0 Å². The SMILES string of the molecule is COc1ccc(N=Cc2ccccc2[As+](c2ccccc2)(c2ccccc2)c2ccccc2)cc1. The Balaban J connectivity index is 1.76. The van der Waals surface area contributed by atoms with Gasteiger partial charge in [-0.1, -0.05) is 0 Å². The summed E-state index contributed by atoms with van der Waals surface area (Å²) >= 11 is -3.11. The quantitative estimate of drug-likeness (QED) is 0.225. The Labute approximate surface area is 210 Å².